The van der Waals surface area contributed by atoms with Crippen molar-refractivity contribution in [2.24, 2.45) is 0 Å². The molecule has 1 rings (SSSR count). The summed E-state index contributed by atoms with van der Waals surface area (Å²) in [5.74, 6) is -1.55. The maximum absolute atomic E-state index is 11.5. The zero-order valence-corrected chi connectivity index (χ0v) is 9.63. The number of rotatable bonds is 4. The van der Waals surface area contributed by atoms with E-state index in [2.05, 4.69) is 4.52 Å². The third-order valence-electron chi connectivity index (χ3n) is 2.10. The largest absolute Gasteiger partial charge is 0.527 e. The van der Waals surface area contributed by atoms with Crippen molar-refractivity contribution >= 4 is 13.8 Å². The second kappa shape index (κ2) is 5.25. The van der Waals surface area contributed by atoms with E-state index in [9.17, 15) is 9.36 Å². The summed E-state index contributed by atoms with van der Waals surface area (Å²) in [6.45, 7) is 1.75. The van der Waals surface area contributed by atoms with Gasteiger partial charge in [0, 0.05) is 0 Å². The van der Waals surface area contributed by atoms with Crippen LogP contribution in [0.1, 0.15) is 24.8 Å². The fraction of sp³-hybridized carbons (Fsp3) is 0.300. The van der Waals surface area contributed by atoms with E-state index in [-0.39, 0.29) is 0 Å². The third-order valence-corrected chi connectivity index (χ3v) is 2.52. The Morgan fingerprint density at radius 2 is 1.94 bits per heavy atom. The van der Waals surface area contributed by atoms with Crippen molar-refractivity contribution in [2.75, 3.05) is 0 Å². The molecule has 0 saturated carbocycles. The number of phosphoric ester groups is 1. The summed E-state index contributed by atoms with van der Waals surface area (Å²) in [6.07, 6.45) is 0.419. The van der Waals surface area contributed by atoms with Gasteiger partial charge in [0.25, 0.3) is 0 Å². The van der Waals surface area contributed by atoms with Crippen molar-refractivity contribution in [1.82, 2.24) is 0 Å². The van der Waals surface area contributed by atoms with Gasteiger partial charge in [0.15, 0.2) is 0 Å². The van der Waals surface area contributed by atoms with E-state index in [1.54, 1.807) is 37.3 Å². The first-order valence-electron chi connectivity index (χ1n) is 4.78. The summed E-state index contributed by atoms with van der Waals surface area (Å²) < 4.78 is 14.6. The Balaban J connectivity index is 2.84. The molecule has 0 amide bonds. The number of hydrogen-bond donors (Lipinski definition) is 2. The molecule has 0 fully saturated rings. The van der Waals surface area contributed by atoms with Crippen LogP contribution in [0, 0.1) is 0 Å². The van der Waals surface area contributed by atoms with E-state index in [1.165, 1.54) is 0 Å². The van der Waals surface area contributed by atoms with Crippen LogP contribution in [-0.2, 0) is 13.9 Å². The Hall–Kier alpha value is -1.16. The number of carbonyl (C=O) groups is 1. The summed E-state index contributed by atoms with van der Waals surface area (Å²) in [4.78, 5) is 28.6. The SMILES string of the molecule is CCC(C(=O)OP(=O)(O)O)c1ccccc1. The zero-order chi connectivity index (χ0) is 12.2. The molecule has 16 heavy (non-hydrogen) atoms. The van der Waals surface area contributed by atoms with E-state index in [1.807, 2.05) is 0 Å². The molecule has 0 saturated heterocycles. The van der Waals surface area contributed by atoms with Gasteiger partial charge in [-0.25, -0.2) is 4.57 Å². The predicted molar refractivity (Wildman–Crippen MR) is 57.6 cm³/mol. The minimum Gasteiger partial charge on any atom is -0.370 e. The Labute approximate surface area is 93.3 Å². The minimum atomic E-state index is -4.76. The highest BCUT2D eigenvalue weighted by molar-refractivity contribution is 7.46. The van der Waals surface area contributed by atoms with E-state index in [0.717, 1.165) is 0 Å². The van der Waals surface area contributed by atoms with Crippen LogP contribution >= 0.6 is 7.82 Å². The first kappa shape index (κ1) is 12.9. The molecular weight excluding hydrogens is 231 g/mol. The standard InChI is InChI=1S/C10H13O5P/c1-2-9(8-6-4-3-5-7-8)10(11)15-16(12,13)14/h3-7,9H,2H2,1H3,(H2,12,13,14). The Morgan fingerprint density at radius 1 is 1.38 bits per heavy atom. The van der Waals surface area contributed by atoms with Crippen molar-refractivity contribution in [2.45, 2.75) is 19.3 Å². The fourth-order valence-electron chi connectivity index (χ4n) is 1.40. The van der Waals surface area contributed by atoms with Gasteiger partial charge < -0.3 is 4.52 Å². The van der Waals surface area contributed by atoms with Gasteiger partial charge in [-0.05, 0) is 12.0 Å². The van der Waals surface area contributed by atoms with Crippen molar-refractivity contribution < 1.29 is 23.7 Å². The topological polar surface area (TPSA) is 83.8 Å². The van der Waals surface area contributed by atoms with Gasteiger partial charge in [-0.3, -0.25) is 14.6 Å². The second-order valence-corrected chi connectivity index (χ2v) is 4.44. The average Bonchev–Trinajstić information content (AvgIpc) is 2.17. The van der Waals surface area contributed by atoms with E-state index in [4.69, 9.17) is 9.79 Å². The molecule has 0 aliphatic rings. The van der Waals surface area contributed by atoms with Crippen LogP contribution in [0.2, 0.25) is 0 Å². The Bertz CT molecular complexity index is 397. The highest BCUT2D eigenvalue weighted by Crippen LogP contribution is 2.38. The van der Waals surface area contributed by atoms with Gasteiger partial charge in [0.05, 0.1) is 5.92 Å². The molecule has 0 radical (unpaired) electrons. The maximum atomic E-state index is 11.5. The molecule has 88 valence electrons. The third kappa shape index (κ3) is 3.77. The van der Waals surface area contributed by atoms with Gasteiger partial charge in [-0.1, -0.05) is 37.3 Å². The van der Waals surface area contributed by atoms with Crippen LogP contribution in [0.3, 0.4) is 0 Å². The van der Waals surface area contributed by atoms with Crippen LogP contribution in [0.5, 0.6) is 0 Å². The zero-order valence-electron chi connectivity index (χ0n) is 8.74. The molecule has 5 nitrogen and oxygen atoms in total. The number of hydrogen-bond acceptors (Lipinski definition) is 3. The highest BCUT2D eigenvalue weighted by atomic mass is 31.2. The molecule has 0 spiro atoms. The molecule has 1 aromatic carbocycles. The average molecular weight is 244 g/mol. The Morgan fingerprint density at radius 3 is 2.38 bits per heavy atom. The highest BCUT2D eigenvalue weighted by Gasteiger charge is 2.27. The summed E-state index contributed by atoms with van der Waals surface area (Å²) in [7, 11) is -4.76. The predicted octanol–water partition coefficient (Wildman–Crippen LogP) is 1.82. The van der Waals surface area contributed by atoms with Crippen molar-refractivity contribution in [1.29, 1.82) is 0 Å². The van der Waals surface area contributed by atoms with E-state index in [0.29, 0.717) is 12.0 Å². The van der Waals surface area contributed by atoms with E-state index >= 15 is 0 Å². The molecule has 1 unspecified atom stereocenters. The van der Waals surface area contributed by atoms with Crippen molar-refractivity contribution in [3.05, 3.63) is 35.9 Å². The molecule has 6 heteroatoms. The number of benzene rings is 1. The summed E-state index contributed by atoms with van der Waals surface area (Å²) in [5, 5.41) is 0. The van der Waals surface area contributed by atoms with Crippen LogP contribution in [0.25, 0.3) is 0 Å². The van der Waals surface area contributed by atoms with Gasteiger partial charge in [0.1, 0.15) is 0 Å². The molecule has 1 atom stereocenters. The van der Waals surface area contributed by atoms with Crippen molar-refractivity contribution in [3.8, 4) is 0 Å². The number of phosphoric acid groups is 1. The molecule has 0 heterocycles. The molecule has 0 aromatic heterocycles. The summed E-state index contributed by atoms with van der Waals surface area (Å²) >= 11 is 0. The molecule has 2 N–H and O–H groups in total. The fourth-order valence-corrected chi connectivity index (χ4v) is 1.77. The Kier molecular flexibility index (Phi) is 4.24. The van der Waals surface area contributed by atoms with Gasteiger partial charge in [-0.2, -0.15) is 0 Å². The first-order chi connectivity index (χ1) is 7.44. The maximum Gasteiger partial charge on any atom is 0.527 e. The number of carbonyl (C=O) groups excluding carboxylic acids is 1. The molecule has 0 bridgehead atoms. The van der Waals surface area contributed by atoms with Gasteiger partial charge in [-0.15, -0.1) is 0 Å². The van der Waals surface area contributed by atoms with Crippen LogP contribution in [0.4, 0.5) is 0 Å². The lowest BCUT2D eigenvalue weighted by atomic mass is 9.97. The normalized spacial score (nSPS) is 13.2. The van der Waals surface area contributed by atoms with Crippen LogP contribution in [0.15, 0.2) is 30.3 Å². The van der Waals surface area contributed by atoms with Gasteiger partial charge >= 0.3 is 13.8 Å². The van der Waals surface area contributed by atoms with E-state index < -0.39 is 19.7 Å². The minimum absolute atomic E-state index is 0.419. The first-order valence-corrected chi connectivity index (χ1v) is 6.31. The lowest BCUT2D eigenvalue weighted by Gasteiger charge is -2.14. The second-order valence-electron chi connectivity index (χ2n) is 3.27. The molecule has 1 aromatic rings. The molecule has 0 aliphatic heterocycles. The summed E-state index contributed by atoms with van der Waals surface area (Å²) in [5.41, 5.74) is 0.684. The van der Waals surface area contributed by atoms with Crippen LogP contribution < -0.4 is 0 Å². The monoisotopic (exact) mass is 244 g/mol. The lowest BCUT2D eigenvalue weighted by molar-refractivity contribution is -0.137. The lowest BCUT2D eigenvalue weighted by Crippen LogP contribution is -2.14. The molecule has 0 aliphatic carbocycles. The molecular formula is C10H13O5P. The quantitative estimate of drug-likeness (QED) is 0.789. The summed E-state index contributed by atoms with van der Waals surface area (Å²) in [6, 6.07) is 8.74. The van der Waals surface area contributed by atoms with Crippen molar-refractivity contribution in [3.63, 3.8) is 0 Å². The van der Waals surface area contributed by atoms with Gasteiger partial charge in [0.2, 0.25) is 0 Å². The van der Waals surface area contributed by atoms with Crippen LogP contribution in [-0.4, -0.2) is 15.8 Å². The smallest absolute Gasteiger partial charge is 0.370 e.